The van der Waals surface area contributed by atoms with Crippen molar-refractivity contribution in [1.29, 1.82) is 0 Å². The second-order valence-corrected chi connectivity index (χ2v) is 5.58. The van der Waals surface area contributed by atoms with E-state index in [1.165, 1.54) is 31.4 Å². The van der Waals surface area contributed by atoms with Gasteiger partial charge in [-0.25, -0.2) is 0 Å². The number of oxime groups is 1. The van der Waals surface area contributed by atoms with Gasteiger partial charge in [0, 0.05) is 18.0 Å². The smallest absolute Gasteiger partial charge is 0.116 e. The van der Waals surface area contributed by atoms with Crippen molar-refractivity contribution in [2.75, 3.05) is 20.7 Å². The summed E-state index contributed by atoms with van der Waals surface area (Å²) in [4.78, 5) is 5.42. The minimum atomic E-state index is 0.534. The van der Waals surface area contributed by atoms with E-state index >= 15 is 0 Å². The Morgan fingerprint density at radius 2 is 2.21 bits per heavy atom. The zero-order valence-corrected chi connectivity index (χ0v) is 13.0. The molecule has 0 aliphatic heterocycles. The highest BCUT2D eigenvalue weighted by Crippen LogP contribution is 2.27. The zero-order valence-electron chi connectivity index (χ0n) is 13.0. The van der Waals surface area contributed by atoms with Crippen LogP contribution in [-0.4, -0.2) is 38.5 Å². The second-order valence-electron chi connectivity index (χ2n) is 5.58. The molecule has 0 aromatic rings. The molecular formula is C15H31N3O. The standard InChI is InChI=1S/C15H31N3O/c1-5-11-19-18-15-8-6-7-14(17-4)13(15)10-9-12(2)16-3/h12-14,16-17H,5-11H2,1-4H3. The minimum Gasteiger partial charge on any atom is -0.396 e. The summed E-state index contributed by atoms with van der Waals surface area (Å²) < 4.78 is 0. The van der Waals surface area contributed by atoms with Crippen molar-refractivity contribution in [2.24, 2.45) is 11.1 Å². The van der Waals surface area contributed by atoms with E-state index in [-0.39, 0.29) is 0 Å². The van der Waals surface area contributed by atoms with Gasteiger partial charge in [0.2, 0.25) is 0 Å². The van der Waals surface area contributed by atoms with Crippen molar-refractivity contribution in [1.82, 2.24) is 10.6 Å². The normalized spacial score (nSPS) is 27.5. The molecule has 1 aliphatic rings. The average molecular weight is 269 g/mol. The Kier molecular flexibility index (Phi) is 8.07. The fraction of sp³-hybridized carbons (Fsp3) is 0.933. The molecule has 3 unspecified atom stereocenters. The molecule has 0 radical (unpaired) electrons. The van der Waals surface area contributed by atoms with Crippen molar-refractivity contribution in [3.63, 3.8) is 0 Å². The number of hydrogen-bond donors (Lipinski definition) is 2. The fourth-order valence-corrected chi connectivity index (χ4v) is 2.74. The van der Waals surface area contributed by atoms with Crippen LogP contribution in [0.3, 0.4) is 0 Å². The van der Waals surface area contributed by atoms with Crippen LogP contribution in [0.4, 0.5) is 0 Å². The lowest BCUT2D eigenvalue weighted by Crippen LogP contribution is -2.42. The molecular weight excluding hydrogens is 238 g/mol. The SMILES string of the molecule is CCCON=C1CCCC(NC)C1CCC(C)NC. The van der Waals surface area contributed by atoms with Gasteiger partial charge in [-0.2, -0.15) is 0 Å². The Hall–Kier alpha value is -0.610. The van der Waals surface area contributed by atoms with Crippen LogP contribution in [0.25, 0.3) is 0 Å². The van der Waals surface area contributed by atoms with E-state index in [1.807, 2.05) is 7.05 Å². The van der Waals surface area contributed by atoms with E-state index in [0.29, 0.717) is 18.0 Å². The minimum absolute atomic E-state index is 0.534. The third-order valence-electron chi connectivity index (χ3n) is 4.11. The first kappa shape index (κ1) is 16.4. The van der Waals surface area contributed by atoms with Gasteiger partial charge in [0.15, 0.2) is 0 Å². The van der Waals surface area contributed by atoms with Crippen molar-refractivity contribution in [2.45, 2.75) is 64.5 Å². The third kappa shape index (κ3) is 5.49. The molecule has 19 heavy (non-hydrogen) atoms. The molecule has 0 aromatic carbocycles. The van der Waals surface area contributed by atoms with E-state index in [0.717, 1.165) is 19.4 Å². The molecule has 4 heteroatoms. The maximum atomic E-state index is 5.42. The summed E-state index contributed by atoms with van der Waals surface area (Å²) in [6, 6.07) is 1.12. The molecule has 1 rings (SSSR count). The average Bonchev–Trinajstić information content (AvgIpc) is 2.45. The van der Waals surface area contributed by atoms with Gasteiger partial charge in [-0.15, -0.1) is 0 Å². The second kappa shape index (κ2) is 9.32. The fourth-order valence-electron chi connectivity index (χ4n) is 2.74. The summed E-state index contributed by atoms with van der Waals surface area (Å²) >= 11 is 0. The Bertz CT molecular complexity index is 268. The van der Waals surface area contributed by atoms with Crippen LogP contribution in [0.15, 0.2) is 5.16 Å². The highest BCUT2D eigenvalue weighted by Gasteiger charge is 2.29. The third-order valence-corrected chi connectivity index (χ3v) is 4.11. The van der Waals surface area contributed by atoms with E-state index in [2.05, 4.69) is 36.7 Å². The van der Waals surface area contributed by atoms with Crippen molar-refractivity contribution >= 4 is 5.71 Å². The summed E-state index contributed by atoms with van der Waals surface area (Å²) in [7, 11) is 4.09. The van der Waals surface area contributed by atoms with Gasteiger partial charge < -0.3 is 15.5 Å². The van der Waals surface area contributed by atoms with E-state index in [4.69, 9.17) is 4.84 Å². The van der Waals surface area contributed by atoms with Crippen molar-refractivity contribution < 1.29 is 4.84 Å². The molecule has 0 aromatic heterocycles. The van der Waals surface area contributed by atoms with Gasteiger partial charge in [0.25, 0.3) is 0 Å². The summed E-state index contributed by atoms with van der Waals surface area (Å²) in [5, 5.41) is 11.2. The first-order chi connectivity index (χ1) is 9.22. The van der Waals surface area contributed by atoms with Crippen LogP contribution in [0.1, 0.15) is 52.4 Å². The van der Waals surface area contributed by atoms with Crippen LogP contribution < -0.4 is 10.6 Å². The van der Waals surface area contributed by atoms with E-state index in [9.17, 15) is 0 Å². The highest BCUT2D eigenvalue weighted by molar-refractivity contribution is 5.87. The van der Waals surface area contributed by atoms with Gasteiger partial charge in [-0.05, 0) is 59.5 Å². The summed E-state index contributed by atoms with van der Waals surface area (Å²) in [6.45, 7) is 5.08. The molecule has 0 bridgehead atoms. The molecule has 0 heterocycles. The van der Waals surface area contributed by atoms with Crippen LogP contribution in [0.2, 0.25) is 0 Å². The maximum Gasteiger partial charge on any atom is 0.116 e. The molecule has 4 nitrogen and oxygen atoms in total. The van der Waals surface area contributed by atoms with Gasteiger partial charge in [-0.3, -0.25) is 0 Å². The summed E-state index contributed by atoms with van der Waals surface area (Å²) in [5.41, 5.74) is 1.27. The van der Waals surface area contributed by atoms with Crippen LogP contribution in [0, 0.1) is 5.92 Å². The Morgan fingerprint density at radius 3 is 2.84 bits per heavy atom. The van der Waals surface area contributed by atoms with Gasteiger partial charge in [-0.1, -0.05) is 12.1 Å². The molecule has 0 saturated heterocycles. The first-order valence-electron chi connectivity index (χ1n) is 7.76. The summed E-state index contributed by atoms with van der Waals surface area (Å²) in [6.07, 6.45) is 6.96. The predicted molar refractivity (Wildman–Crippen MR) is 81.6 cm³/mol. The zero-order chi connectivity index (χ0) is 14.1. The molecule has 2 N–H and O–H groups in total. The lowest BCUT2D eigenvalue weighted by molar-refractivity contribution is 0.140. The molecule has 3 atom stereocenters. The lowest BCUT2D eigenvalue weighted by Gasteiger charge is -2.33. The Labute approximate surface area is 118 Å². The van der Waals surface area contributed by atoms with E-state index in [1.54, 1.807) is 0 Å². The number of hydrogen-bond acceptors (Lipinski definition) is 4. The molecule has 112 valence electrons. The largest absolute Gasteiger partial charge is 0.396 e. The molecule has 1 fully saturated rings. The first-order valence-corrected chi connectivity index (χ1v) is 7.76. The quantitative estimate of drug-likeness (QED) is 0.526. The Morgan fingerprint density at radius 1 is 1.42 bits per heavy atom. The van der Waals surface area contributed by atoms with Gasteiger partial charge in [0.05, 0.1) is 5.71 Å². The molecule has 1 saturated carbocycles. The van der Waals surface area contributed by atoms with Gasteiger partial charge in [0.1, 0.15) is 6.61 Å². The monoisotopic (exact) mass is 269 g/mol. The lowest BCUT2D eigenvalue weighted by atomic mass is 9.79. The molecule has 0 amide bonds. The van der Waals surface area contributed by atoms with Crippen LogP contribution in [0.5, 0.6) is 0 Å². The van der Waals surface area contributed by atoms with Gasteiger partial charge >= 0.3 is 0 Å². The van der Waals surface area contributed by atoms with E-state index < -0.39 is 0 Å². The topological polar surface area (TPSA) is 45.6 Å². The van der Waals surface area contributed by atoms with Crippen LogP contribution >= 0.6 is 0 Å². The van der Waals surface area contributed by atoms with Crippen LogP contribution in [-0.2, 0) is 4.84 Å². The maximum absolute atomic E-state index is 5.42. The Balaban J connectivity index is 2.60. The number of nitrogens with one attached hydrogen (secondary N) is 2. The molecule has 1 aliphatic carbocycles. The number of nitrogens with zero attached hydrogens (tertiary/aromatic N) is 1. The van der Waals surface area contributed by atoms with Crippen molar-refractivity contribution in [3.05, 3.63) is 0 Å². The number of rotatable bonds is 8. The predicted octanol–water partition coefficient (Wildman–Crippen LogP) is 2.55. The summed E-state index contributed by atoms with van der Waals surface area (Å²) in [5.74, 6) is 0.534. The molecule has 0 spiro atoms. The highest BCUT2D eigenvalue weighted by atomic mass is 16.6. The van der Waals surface area contributed by atoms with Crippen molar-refractivity contribution in [3.8, 4) is 0 Å².